The van der Waals surface area contributed by atoms with Gasteiger partial charge < -0.3 is 10.6 Å². The number of hydrogen-bond donors (Lipinski definition) is 3. The molecule has 0 aliphatic carbocycles. The molecule has 4 nitrogen and oxygen atoms in total. The molecule has 0 aliphatic rings. The fourth-order valence-electron chi connectivity index (χ4n) is 1.45. The van der Waals surface area contributed by atoms with Crippen LogP contribution < -0.4 is 10.6 Å². The van der Waals surface area contributed by atoms with Crippen molar-refractivity contribution in [2.75, 3.05) is 13.1 Å². The predicted octanol–water partition coefficient (Wildman–Crippen LogP) is 1.59. The Balaban J connectivity index is 2.03. The van der Waals surface area contributed by atoms with Crippen molar-refractivity contribution in [3.8, 4) is 0 Å². The van der Waals surface area contributed by atoms with Crippen molar-refractivity contribution in [2.45, 2.75) is 46.2 Å². The highest BCUT2D eigenvalue weighted by Gasteiger charge is 2.06. The van der Waals surface area contributed by atoms with E-state index in [0.717, 1.165) is 31.7 Å². The Morgan fingerprint density at radius 3 is 2.62 bits per heavy atom. The summed E-state index contributed by atoms with van der Waals surface area (Å²) >= 11 is 0. The van der Waals surface area contributed by atoms with Crippen LogP contribution in [0.3, 0.4) is 0 Å². The molecule has 0 fully saturated rings. The molecule has 3 N–H and O–H groups in total. The largest absolute Gasteiger partial charge is 0.312 e. The number of nitrogens with zero attached hydrogens (tertiary/aromatic N) is 1. The van der Waals surface area contributed by atoms with Crippen LogP contribution in [0.2, 0.25) is 0 Å². The van der Waals surface area contributed by atoms with Crippen molar-refractivity contribution >= 4 is 0 Å². The summed E-state index contributed by atoms with van der Waals surface area (Å²) in [5.74, 6) is 0. The summed E-state index contributed by atoms with van der Waals surface area (Å²) in [5, 5.41) is 13.8. The molecule has 0 aliphatic heterocycles. The minimum absolute atomic E-state index is 0.223. The predicted molar refractivity (Wildman–Crippen MR) is 67.4 cm³/mol. The highest BCUT2D eigenvalue weighted by Crippen LogP contribution is 2.01. The summed E-state index contributed by atoms with van der Waals surface area (Å²) in [7, 11) is 0. The molecule has 0 saturated heterocycles. The second-order valence-electron chi connectivity index (χ2n) is 5.23. The van der Waals surface area contributed by atoms with Crippen molar-refractivity contribution in [3.63, 3.8) is 0 Å². The first-order chi connectivity index (χ1) is 7.49. The van der Waals surface area contributed by atoms with Gasteiger partial charge >= 0.3 is 0 Å². The summed E-state index contributed by atoms with van der Waals surface area (Å²) in [6, 6.07) is 0. The molecular formula is C12H24N4. The highest BCUT2D eigenvalue weighted by molar-refractivity contribution is 5.13. The molecule has 0 radical (unpaired) electrons. The standard InChI is InChI=1S/C12H24N4/c1-10-11(9-15-16-10)8-13-6-5-7-14-12(2,3)4/h9,13-14H,5-8H2,1-4H3,(H,15,16). The molecule has 4 heteroatoms. The van der Waals surface area contributed by atoms with Crippen LogP contribution in [0, 0.1) is 6.92 Å². The van der Waals surface area contributed by atoms with Crippen LogP contribution in [0.4, 0.5) is 0 Å². The van der Waals surface area contributed by atoms with Gasteiger partial charge in [0.05, 0.1) is 6.20 Å². The summed E-state index contributed by atoms with van der Waals surface area (Å²) in [6.45, 7) is 11.6. The molecule has 0 unspecified atom stereocenters. The minimum Gasteiger partial charge on any atom is -0.312 e. The second-order valence-corrected chi connectivity index (χ2v) is 5.23. The lowest BCUT2D eigenvalue weighted by atomic mass is 10.1. The Bertz CT molecular complexity index is 298. The van der Waals surface area contributed by atoms with E-state index in [1.807, 2.05) is 13.1 Å². The van der Waals surface area contributed by atoms with Gasteiger partial charge in [-0.05, 0) is 47.2 Å². The number of aromatic nitrogens is 2. The molecule has 0 aromatic carbocycles. The van der Waals surface area contributed by atoms with Crippen LogP contribution in [0.15, 0.2) is 6.20 Å². The maximum Gasteiger partial charge on any atom is 0.0535 e. The Kier molecular flexibility index (Phi) is 4.96. The zero-order valence-electron chi connectivity index (χ0n) is 10.9. The van der Waals surface area contributed by atoms with E-state index >= 15 is 0 Å². The van der Waals surface area contributed by atoms with Crippen LogP contribution in [0.1, 0.15) is 38.4 Å². The van der Waals surface area contributed by atoms with Crippen LogP contribution in [-0.4, -0.2) is 28.8 Å². The third-order valence-electron chi connectivity index (χ3n) is 2.44. The van der Waals surface area contributed by atoms with Gasteiger partial charge in [0, 0.05) is 23.3 Å². The maximum absolute atomic E-state index is 3.99. The van der Waals surface area contributed by atoms with E-state index < -0.39 is 0 Å². The number of hydrogen-bond acceptors (Lipinski definition) is 3. The van der Waals surface area contributed by atoms with Crippen molar-refractivity contribution in [3.05, 3.63) is 17.5 Å². The van der Waals surface area contributed by atoms with Gasteiger partial charge in [0.2, 0.25) is 0 Å². The van der Waals surface area contributed by atoms with Gasteiger partial charge in [-0.3, -0.25) is 5.10 Å². The minimum atomic E-state index is 0.223. The molecule has 16 heavy (non-hydrogen) atoms. The monoisotopic (exact) mass is 224 g/mol. The SMILES string of the molecule is Cc1[nH]ncc1CNCCCNC(C)(C)C. The van der Waals surface area contributed by atoms with Crippen LogP contribution in [-0.2, 0) is 6.54 Å². The molecule has 1 aromatic rings. The lowest BCUT2D eigenvalue weighted by Gasteiger charge is -2.20. The molecule has 0 amide bonds. The van der Waals surface area contributed by atoms with Gasteiger partial charge in [-0.2, -0.15) is 5.10 Å². The molecule has 1 aromatic heterocycles. The first-order valence-electron chi connectivity index (χ1n) is 5.93. The van der Waals surface area contributed by atoms with Crippen molar-refractivity contribution < 1.29 is 0 Å². The Labute approximate surface area is 98.2 Å². The number of rotatable bonds is 6. The fourth-order valence-corrected chi connectivity index (χ4v) is 1.45. The van der Waals surface area contributed by atoms with Crippen molar-refractivity contribution in [1.29, 1.82) is 0 Å². The van der Waals surface area contributed by atoms with Crippen LogP contribution in [0.5, 0.6) is 0 Å². The van der Waals surface area contributed by atoms with Gasteiger partial charge in [0.1, 0.15) is 0 Å². The zero-order chi connectivity index (χ0) is 12.0. The van der Waals surface area contributed by atoms with Crippen LogP contribution >= 0.6 is 0 Å². The van der Waals surface area contributed by atoms with Gasteiger partial charge in [-0.25, -0.2) is 0 Å². The number of aromatic amines is 1. The van der Waals surface area contributed by atoms with Gasteiger partial charge in [-0.1, -0.05) is 0 Å². The first-order valence-corrected chi connectivity index (χ1v) is 5.93. The molecule has 0 spiro atoms. The van der Waals surface area contributed by atoms with Gasteiger partial charge in [0.25, 0.3) is 0 Å². The van der Waals surface area contributed by atoms with Crippen molar-refractivity contribution in [1.82, 2.24) is 20.8 Å². The van der Waals surface area contributed by atoms with Gasteiger partial charge in [-0.15, -0.1) is 0 Å². The summed E-state index contributed by atoms with van der Waals surface area (Å²) in [5.41, 5.74) is 2.63. The molecule has 92 valence electrons. The third-order valence-corrected chi connectivity index (χ3v) is 2.44. The average Bonchev–Trinajstić information content (AvgIpc) is 2.56. The molecule has 1 heterocycles. The topological polar surface area (TPSA) is 52.7 Å². The lowest BCUT2D eigenvalue weighted by Crippen LogP contribution is -2.37. The molecule has 0 saturated carbocycles. The van der Waals surface area contributed by atoms with Gasteiger partial charge in [0.15, 0.2) is 0 Å². The van der Waals surface area contributed by atoms with E-state index in [0.29, 0.717) is 0 Å². The van der Waals surface area contributed by atoms with Crippen molar-refractivity contribution in [2.24, 2.45) is 0 Å². The normalized spacial score (nSPS) is 12.0. The number of nitrogens with one attached hydrogen (secondary N) is 3. The average molecular weight is 224 g/mol. The number of aryl methyl sites for hydroxylation is 1. The Morgan fingerprint density at radius 2 is 2.06 bits per heavy atom. The van der Waals surface area contributed by atoms with E-state index in [2.05, 4.69) is 41.6 Å². The van der Waals surface area contributed by atoms with E-state index in [1.54, 1.807) is 0 Å². The second kappa shape index (κ2) is 6.01. The van der Waals surface area contributed by atoms with E-state index in [1.165, 1.54) is 5.56 Å². The molecular weight excluding hydrogens is 200 g/mol. The summed E-state index contributed by atoms with van der Waals surface area (Å²) < 4.78 is 0. The lowest BCUT2D eigenvalue weighted by molar-refractivity contribution is 0.418. The Hall–Kier alpha value is -0.870. The summed E-state index contributed by atoms with van der Waals surface area (Å²) in [6.07, 6.45) is 3.03. The highest BCUT2D eigenvalue weighted by atomic mass is 15.1. The number of H-pyrrole nitrogens is 1. The third kappa shape index (κ3) is 5.28. The van der Waals surface area contributed by atoms with Crippen LogP contribution in [0.25, 0.3) is 0 Å². The van der Waals surface area contributed by atoms with E-state index in [9.17, 15) is 0 Å². The molecule has 1 rings (SSSR count). The van der Waals surface area contributed by atoms with E-state index in [4.69, 9.17) is 0 Å². The first kappa shape index (κ1) is 13.2. The van der Waals surface area contributed by atoms with E-state index in [-0.39, 0.29) is 5.54 Å². The quantitative estimate of drug-likeness (QED) is 0.643. The smallest absolute Gasteiger partial charge is 0.0535 e. The molecule has 0 bridgehead atoms. The summed E-state index contributed by atoms with van der Waals surface area (Å²) in [4.78, 5) is 0. The Morgan fingerprint density at radius 1 is 1.31 bits per heavy atom. The zero-order valence-corrected chi connectivity index (χ0v) is 10.9. The fraction of sp³-hybridized carbons (Fsp3) is 0.750. The molecule has 0 atom stereocenters. The maximum atomic E-state index is 3.99.